The van der Waals surface area contributed by atoms with Gasteiger partial charge < -0.3 is 0 Å². The van der Waals surface area contributed by atoms with Crippen LogP contribution in [0.25, 0.3) is 11.0 Å². The number of benzene rings is 2. The lowest BCUT2D eigenvalue weighted by atomic mass is 10.2. The molecule has 1 heterocycles. The molecule has 0 saturated heterocycles. The molecule has 0 aliphatic carbocycles. The first kappa shape index (κ1) is 13.6. The smallest absolute Gasteiger partial charge is 0.294 e. The van der Waals surface area contributed by atoms with Crippen molar-refractivity contribution in [2.24, 2.45) is 7.05 Å². The van der Waals surface area contributed by atoms with E-state index in [1.165, 1.54) is 16.7 Å². The maximum atomic E-state index is 12.7. The molecule has 0 aliphatic heterocycles. The van der Waals surface area contributed by atoms with Crippen molar-refractivity contribution in [3.8, 4) is 0 Å². The van der Waals surface area contributed by atoms with Gasteiger partial charge in [0.1, 0.15) is 0 Å². The molecule has 0 atom stereocenters. The number of hydrogen-bond donors (Lipinski definition) is 0. The molecule has 3 aromatic rings. The zero-order valence-corrected chi connectivity index (χ0v) is 12.5. The molecule has 6 heteroatoms. The fourth-order valence-corrected chi connectivity index (χ4v) is 3.74. The summed E-state index contributed by atoms with van der Waals surface area (Å²) in [4.78, 5) is 12.4. The molecule has 0 aliphatic rings. The van der Waals surface area contributed by atoms with E-state index in [4.69, 9.17) is 0 Å². The van der Waals surface area contributed by atoms with E-state index >= 15 is 0 Å². The summed E-state index contributed by atoms with van der Waals surface area (Å²) in [6.07, 6.45) is 0. The Morgan fingerprint density at radius 1 is 0.905 bits per heavy atom. The Hall–Kier alpha value is -2.34. The average molecular weight is 302 g/mol. The largest absolute Gasteiger partial charge is 0.343 e. The van der Waals surface area contributed by atoms with Gasteiger partial charge in [0, 0.05) is 7.05 Å². The quantitative estimate of drug-likeness (QED) is 0.726. The third-order valence-electron chi connectivity index (χ3n) is 3.48. The number of para-hydroxylation sites is 2. The summed E-state index contributed by atoms with van der Waals surface area (Å²) in [5.74, 6) is 0. The number of imidazole rings is 1. The maximum absolute atomic E-state index is 12.7. The summed E-state index contributed by atoms with van der Waals surface area (Å²) in [6, 6.07) is 13.3. The minimum Gasteiger partial charge on any atom is -0.294 e. The fourth-order valence-electron chi connectivity index (χ4n) is 2.31. The number of rotatable bonds is 2. The molecule has 21 heavy (non-hydrogen) atoms. The van der Waals surface area contributed by atoms with Crippen molar-refractivity contribution in [3.05, 3.63) is 64.6 Å². The van der Waals surface area contributed by atoms with Gasteiger partial charge in [0.05, 0.1) is 15.9 Å². The molecule has 0 fully saturated rings. The third-order valence-corrected chi connectivity index (χ3v) is 5.18. The van der Waals surface area contributed by atoms with E-state index in [1.54, 1.807) is 43.4 Å². The maximum Gasteiger partial charge on any atom is 0.343 e. The summed E-state index contributed by atoms with van der Waals surface area (Å²) in [7, 11) is -2.35. The molecule has 0 amide bonds. The van der Waals surface area contributed by atoms with Crippen molar-refractivity contribution in [2.75, 3.05) is 0 Å². The number of aryl methyl sites for hydroxylation is 2. The number of aromatic nitrogens is 2. The molecule has 0 radical (unpaired) electrons. The van der Waals surface area contributed by atoms with Gasteiger partial charge in [-0.15, -0.1) is 0 Å². The van der Waals surface area contributed by atoms with Crippen molar-refractivity contribution in [2.45, 2.75) is 11.8 Å². The van der Waals surface area contributed by atoms with Crippen LogP contribution in [0, 0.1) is 6.92 Å². The highest BCUT2D eigenvalue weighted by atomic mass is 32.2. The molecule has 108 valence electrons. The van der Waals surface area contributed by atoms with Crippen molar-refractivity contribution >= 4 is 21.1 Å². The van der Waals surface area contributed by atoms with Gasteiger partial charge in [-0.05, 0) is 31.2 Å². The van der Waals surface area contributed by atoms with Crippen LogP contribution < -0.4 is 5.69 Å². The summed E-state index contributed by atoms with van der Waals surface area (Å²) in [5, 5.41) is 0. The monoisotopic (exact) mass is 302 g/mol. The van der Waals surface area contributed by atoms with E-state index in [1.807, 2.05) is 6.92 Å². The highest BCUT2D eigenvalue weighted by Gasteiger charge is 2.23. The predicted molar refractivity (Wildman–Crippen MR) is 80.9 cm³/mol. The highest BCUT2D eigenvalue weighted by molar-refractivity contribution is 7.90. The molecule has 0 unspecified atom stereocenters. The topological polar surface area (TPSA) is 61.1 Å². The van der Waals surface area contributed by atoms with Crippen molar-refractivity contribution in [1.29, 1.82) is 0 Å². The Labute approximate surface area is 122 Å². The molecular weight excluding hydrogens is 288 g/mol. The Kier molecular flexibility index (Phi) is 2.98. The Bertz CT molecular complexity index is 980. The van der Waals surface area contributed by atoms with Crippen LogP contribution in [-0.4, -0.2) is 17.0 Å². The molecule has 0 N–H and O–H groups in total. The zero-order valence-electron chi connectivity index (χ0n) is 11.6. The van der Waals surface area contributed by atoms with Gasteiger partial charge in [-0.25, -0.2) is 13.2 Å². The molecule has 3 rings (SSSR count). The molecule has 2 aromatic carbocycles. The standard InChI is InChI=1S/C15H14N2O3S/c1-11-7-9-12(10-8-11)21(19,20)17-14-6-4-3-5-13(14)16(2)15(17)18/h3-10H,1-2H3. The summed E-state index contributed by atoms with van der Waals surface area (Å²) in [6.45, 7) is 1.88. The van der Waals surface area contributed by atoms with Crippen LogP contribution in [0.5, 0.6) is 0 Å². The van der Waals surface area contributed by atoms with E-state index in [-0.39, 0.29) is 4.90 Å². The Morgan fingerprint density at radius 2 is 1.48 bits per heavy atom. The average Bonchev–Trinajstić information content (AvgIpc) is 2.72. The Morgan fingerprint density at radius 3 is 2.10 bits per heavy atom. The van der Waals surface area contributed by atoms with Crippen LogP contribution in [0.15, 0.2) is 58.2 Å². The van der Waals surface area contributed by atoms with E-state index < -0.39 is 15.7 Å². The molecule has 0 saturated carbocycles. The van der Waals surface area contributed by atoms with E-state index in [2.05, 4.69) is 0 Å². The second-order valence-corrected chi connectivity index (χ2v) is 6.70. The molecule has 1 aromatic heterocycles. The van der Waals surface area contributed by atoms with Crippen molar-refractivity contribution in [1.82, 2.24) is 8.54 Å². The highest BCUT2D eigenvalue weighted by Crippen LogP contribution is 2.19. The van der Waals surface area contributed by atoms with E-state index in [9.17, 15) is 13.2 Å². The van der Waals surface area contributed by atoms with Gasteiger partial charge in [0.25, 0.3) is 10.0 Å². The first-order chi connectivity index (χ1) is 9.93. The first-order valence-corrected chi connectivity index (χ1v) is 7.85. The van der Waals surface area contributed by atoms with E-state index in [0.717, 1.165) is 9.54 Å². The molecule has 0 bridgehead atoms. The second kappa shape index (κ2) is 4.60. The van der Waals surface area contributed by atoms with Crippen LogP contribution >= 0.6 is 0 Å². The van der Waals surface area contributed by atoms with Gasteiger partial charge >= 0.3 is 5.69 Å². The van der Waals surface area contributed by atoms with Crippen molar-refractivity contribution < 1.29 is 8.42 Å². The Balaban J connectivity index is 2.37. The van der Waals surface area contributed by atoms with E-state index in [0.29, 0.717) is 11.0 Å². The van der Waals surface area contributed by atoms with Crippen molar-refractivity contribution in [3.63, 3.8) is 0 Å². The van der Waals surface area contributed by atoms with Crippen LogP contribution in [0.2, 0.25) is 0 Å². The molecule has 0 spiro atoms. The predicted octanol–water partition coefficient (Wildman–Crippen LogP) is 1.89. The fraction of sp³-hybridized carbons (Fsp3) is 0.133. The minimum absolute atomic E-state index is 0.103. The molecule has 5 nitrogen and oxygen atoms in total. The van der Waals surface area contributed by atoms with Gasteiger partial charge in [-0.3, -0.25) is 4.57 Å². The zero-order chi connectivity index (χ0) is 15.2. The van der Waals surface area contributed by atoms with Crippen LogP contribution in [0.3, 0.4) is 0 Å². The van der Waals surface area contributed by atoms with Crippen LogP contribution in [0.1, 0.15) is 5.56 Å². The third kappa shape index (κ3) is 1.99. The lowest BCUT2D eigenvalue weighted by Gasteiger charge is -2.06. The summed E-state index contributed by atoms with van der Waals surface area (Å²) in [5.41, 5.74) is 1.35. The first-order valence-electron chi connectivity index (χ1n) is 6.41. The lowest BCUT2D eigenvalue weighted by Crippen LogP contribution is -2.28. The van der Waals surface area contributed by atoms with Gasteiger partial charge in [0.15, 0.2) is 0 Å². The van der Waals surface area contributed by atoms with Gasteiger partial charge in [-0.1, -0.05) is 29.8 Å². The van der Waals surface area contributed by atoms with Crippen LogP contribution in [-0.2, 0) is 17.1 Å². The second-order valence-electron chi connectivity index (χ2n) is 4.91. The SMILES string of the molecule is Cc1ccc(S(=O)(=O)n2c(=O)n(C)c3ccccc32)cc1. The summed E-state index contributed by atoms with van der Waals surface area (Å²) >= 11 is 0. The number of hydrogen-bond acceptors (Lipinski definition) is 3. The molecular formula is C15H14N2O3S. The number of nitrogens with zero attached hydrogens (tertiary/aromatic N) is 2. The van der Waals surface area contributed by atoms with Gasteiger partial charge in [-0.2, -0.15) is 3.97 Å². The van der Waals surface area contributed by atoms with Gasteiger partial charge in [0.2, 0.25) is 0 Å². The normalized spacial score (nSPS) is 11.9. The van der Waals surface area contributed by atoms with Crippen LogP contribution in [0.4, 0.5) is 0 Å². The lowest BCUT2D eigenvalue weighted by molar-refractivity contribution is 0.586. The number of fused-ring (bicyclic) bond motifs is 1. The summed E-state index contributed by atoms with van der Waals surface area (Å²) < 4.78 is 27.7. The minimum atomic E-state index is -3.91.